The summed E-state index contributed by atoms with van der Waals surface area (Å²) in [6, 6.07) is 18.9. The lowest BCUT2D eigenvalue weighted by atomic mass is 10.0. The lowest BCUT2D eigenvalue weighted by Gasteiger charge is -2.39. The van der Waals surface area contributed by atoms with Crippen molar-refractivity contribution in [2.75, 3.05) is 63.8 Å². The molecule has 0 bridgehead atoms. The second-order valence-electron chi connectivity index (χ2n) is 10.1. The number of benzene rings is 2. The van der Waals surface area contributed by atoms with E-state index in [1.165, 1.54) is 18.5 Å². The van der Waals surface area contributed by atoms with Gasteiger partial charge in [-0.05, 0) is 55.7 Å². The van der Waals surface area contributed by atoms with Crippen molar-refractivity contribution in [2.24, 2.45) is 0 Å². The van der Waals surface area contributed by atoms with Gasteiger partial charge in [-0.1, -0.05) is 12.1 Å². The zero-order valence-electron chi connectivity index (χ0n) is 22.7. The summed E-state index contributed by atoms with van der Waals surface area (Å²) < 4.78 is 18.9. The maximum Gasteiger partial charge on any atom is 0.245 e. The fourth-order valence-corrected chi connectivity index (χ4v) is 5.74. The van der Waals surface area contributed by atoms with Gasteiger partial charge in [-0.2, -0.15) is 0 Å². The van der Waals surface area contributed by atoms with Crippen LogP contribution in [0.2, 0.25) is 0 Å². The Labute approximate surface area is 229 Å². The summed E-state index contributed by atoms with van der Waals surface area (Å²) in [6.45, 7) is 6.03. The zero-order valence-corrected chi connectivity index (χ0v) is 22.7. The molecular formula is C30H36N6O3. The summed E-state index contributed by atoms with van der Waals surface area (Å²) in [5.74, 6) is 2.05. The van der Waals surface area contributed by atoms with Gasteiger partial charge in [0, 0.05) is 56.1 Å². The predicted octanol–water partition coefficient (Wildman–Crippen LogP) is 4.85. The molecule has 204 valence electrons. The standard InChI is InChI=1S/C30H36N6O3/c1-37-28-7-4-3-6-25(28)27-11-9-24-21-31-30(33-36(24)27)32-26-10-8-23(20-29(26)38-2)35-15-12-22(13-16-35)34-14-5-18-39-19-17-34/h3-4,6-11,20-22H,5,12-19H2,1-2H3,(H,32,33). The van der Waals surface area contributed by atoms with Crippen molar-refractivity contribution in [2.45, 2.75) is 25.3 Å². The first-order valence-electron chi connectivity index (χ1n) is 13.7. The maximum absolute atomic E-state index is 5.78. The van der Waals surface area contributed by atoms with Gasteiger partial charge in [0.2, 0.25) is 5.95 Å². The van der Waals surface area contributed by atoms with Crippen LogP contribution in [0.4, 0.5) is 17.3 Å². The van der Waals surface area contributed by atoms with Crippen LogP contribution in [-0.2, 0) is 4.74 Å². The van der Waals surface area contributed by atoms with Crippen LogP contribution in [0.3, 0.4) is 0 Å². The van der Waals surface area contributed by atoms with E-state index < -0.39 is 0 Å². The summed E-state index contributed by atoms with van der Waals surface area (Å²) in [5.41, 5.74) is 4.81. The van der Waals surface area contributed by atoms with Crippen LogP contribution < -0.4 is 19.7 Å². The van der Waals surface area contributed by atoms with Crippen molar-refractivity contribution in [3.63, 3.8) is 0 Å². The molecule has 0 unspecified atom stereocenters. The molecule has 0 amide bonds. The van der Waals surface area contributed by atoms with E-state index in [1.54, 1.807) is 14.2 Å². The number of methoxy groups -OCH3 is 2. The van der Waals surface area contributed by atoms with E-state index >= 15 is 0 Å². The number of anilines is 3. The van der Waals surface area contributed by atoms with Gasteiger partial charge in [0.05, 0.1) is 43.9 Å². The smallest absolute Gasteiger partial charge is 0.245 e. The Kier molecular flexibility index (Phi) is 7.51. The number of aromatic nitrogens is 3. The molecule has 0 radical (unpaired) electrons. The molecule has 0 atom stereocenters. The molecule has 39 heavy (non-hydrogen) atoms. The number of fused-ring (bicyclic) bond motifs is 1. The predicted molar refractivity (Wildman–Crippen MR) is 153 cm³/mol. The Morgan fingerprint density at radius 3 is 2.59 bits per heavy atom. The Morgan fingerprint density at radius 1 is 0.897 bits per heavy atom. The minimum Gasteiger partial charge on any atom is -0.496 e. The molecule has 2 fully saturated rings. The van der Waals surface area contributed by atoms with Gasteiger partial charge < -0.3 is 24.4 Å². The van der Waals surface area contributed by atoms with Crippen molar-refractivity contribution in [1.29, 1.82) is 0 Å². The molecule has 0 spiro atoms. The van der Waals surface area contributed by atoms with Crippen molar-refractivity contribution in [3.05, 3.63) is 60.8 Å². The topological polar surface area (TPSA) is 76.4 Å². The van der Waals surface area contributed by atoms with Crippen LogP contribution in [0.5, 0.6) is 11.5 Å². The normalized spacial score (nSPS) is 17.2. The van der Waals surface area contributed by atoms with Gasteiger partial charge in [0.1, 0.15) is 11.5 Å². The summed E-state index contributed by atoms with van der Waals surface area (Å²) in [5, 5.41) is 8.15. The molecule has 4 aromatic rings. The summed E-state index contributed by atoms with van der Waals surface area (Å²) in [6.07, 6.45) is 5.29. The zero-order chi connectivity index (χ0) is 26.6. The average Bonchev–Trinajstić information content (AvgIpc) is 3.21. The Bertz CT molecular complexity index is 1410. The van der Waals surface area contributed by atoms with Crippen molar-refractivity contribution in [1.82, 2.24) is 19.5 Å². The van der Waals surface area contributed by atoms with E-state index in [2.05, 4.69) is 38.3 Å². The van der Waals surface area contributed by atoms with Crippen molar-refractivity contribution in [3.8, 4) is 22.8 Å². The van der Waals surface area contributed by atoms with E-state index in [4.69, 9.17) is 19.3 Å². The maximum atomic E-state index is 5.78. The van der Waals surface area contributed by atoms with Gasteiger partial charge in [0.15, 0.2) is 0 Å². The highest BCUT2D eigenvalue weighted by atomic mass is 16.5. The fourth-order valence-electron chi connectivity index (χ4n) is 5.74. The lowest BCUT2D eigenvalue weighted by molar-refractivity contribution is 0.125. The minimum absolute atomic E-state index is 0.489. The molecule has 2 aliphatic rings. The molecule has 0 saturated carbocycles. The highest BCUT2D eigenvalue weighted by Gasteiger charge is 2.26. The number of nitrogens with zero attached hydrogens (tertiary/aromatic N) is 5. The summed E-state index contributed by atoms with van der Waals surface area (Å²) >= 11 is 0. The first-order valence-corrected chi connectivity index (χ1v) is 13.7. The molecule has 4 heterocycles. The highest BCUT2D eigenvalue weighted by molar-refractivity contribution is 5.72. The quantitative estimate of drug-likeness (QED) is 0.365. The number of ether oxygens (including phenoxy) is 3. The van der Waals surface area contributed by atoms with Crippen LogP contribution in [-0.4, -0.2) is 79.2 Å². The van der Waals surface area contributed by atoms with Crippen LogP contribution in [0.1, 0.15) is 19.3 Å². The minimum atomic E-state index is 0.489. The Morgan fingerprint density at radius 2 is 1.74 bits per heavy atom. The molecule has 2 aliphatic heterocycles. The summed E-state index contributed by atoms with van der Waals surface area (Å²) in [4.78, 5) is 9.63. The molecule has 6 rings (SSSR count). The number of nitrogens with one attached hydrogen (secondary N) is 1. The third-order valence-electron chi connectivity index (χ3n) is 7.82. The second-order valence-corrected chi connectivity index (χ2v) is 10.1. The van der Waals surface area contributed by atoms with E-state index in [0.717, 1.165) is 79.8 Å². The second kappa shape index (κ2) is 11.5. The van der Waals surface area contributed by atoms with Crippen LogP contribution in [0, 0.1) is 0 Å². The first-order chi connectivity index (χ1) is 19.2. The van der Waals surface area contributed by atoms with Crippen LogP contribution >= 0.6 is 0 Å². The van der Waals surface area contributed by atoms with Gasteiger partial charge in [0.25, 0.3) is 0 Å². The number of rotatable bonds is 7. The van der Waals surface area contributed by atoms with Crippen molar-refractivity contribution >= 4 is 22.8 Å². The molecular weight excluding hydrogens is 492 g/mol. The van der Waals surface area contributed by atoms with E-state index in [-0.39, 0.29) is 0 Å². The molecule has 0 aliphatic carbocycles. The van der Waals surface area contributed by atoms with E-state index in [0.29, 0.717) is 12.0 Å². The van der Waals surface area contributed by atoms with E-state index in [1.807, 2.05) is 47.1 Å². The van der Waals surface area contributed by atoms with E-state index in [9.17, 15) is 0 Å². The third kappa shape index (κ3) is 5.37. The molecule has 1 N–H and O–H groups in total. The lowest BCUT2D eigenvalue weighted by Crippen LogP contribution is -2.45. The molecule has 2 aromatic heterocycles. The first kappa shape index (κ1) is 25.5. The molecule has 2 saturated heterocycles. The third-order valence-corrected chi connectivity index (χ3v) is 7.82. The Hall–Kier alpha value is -3.82. The van der Waals surface area contributed by atoms with Gasteiger partial charge in [-0.15, -0.1) is 5.10 Å². The monoisotopic (exact) mass is 528 g/mol. The molecule has 2 aromatic carbocycles. The number of hydrogen-bond donors (Lipinski definition) is 1. The molecule has 9 heteroatoms. The SMILES string of the molecule is COc1cc(N2CCC(N3CCCOCC3)CC2)ccc1Nc1ncc2ccc(-c3ccccc3OC)n2n1. The van der Waals surface area contributed by atoms with Gasteiger partial charge >= 0.3 is 0 Å². The number of piperidine rings is 1. The largest absolute Gasteiger partial charge is 0.496 e. The number of hydrogen-bond acceptors (Lipinski definition) is 8. The Balaban J connectivity index is 1.18. The molecule has 9 nitrogen and oxygen atoms in total. The fraction of sp³-hybridized carbons (Fsp3) is 0.400. The van der Waals surface area contributed by atoms with Crippen molar-refractivity contribution < 1.29 is 14.2 Å². The average molecular weight is 529 g/mol. The highest BCUT2D eigenvalue weighted by Crippen LogP contribution is 2.34. The number of para-hydroxylation sites is 1. The summed E-state index contributed by atoms with van der Waals surface area (Å²) in [7, 11) is 3.38. The van der Waals surface area contributed by atoms with Crippen LogP contribution in [0.15, 0.2) is 60.8 Å². The van der Waals surface area contributed by atoms with Gasteiger partial charge in [-0.25, -0.2) is 9.50 Å². The van der Waals surface area contributed by atoms with Gasteiger partial charge in [-0.3, -0.25) is 4.90 Å². The van der Waals surface area contributed by atoms with Crippen LogP contribution in [0.25, 0.3) is 16.8 Å².